The van der Waals surface area contributed by atoms with E-state index in [1.54, 1.807) is 6.21 Å². The van der Waals surface area contributed by atoms with E-state index in [2.05, 4.69) is 0 Å². The van der Waals surface area contributed by atoms with Crippen LogP contribution in [0.2, 0.25) is 0 Å². The molecule has 0 aliphatic heterocycles. The molecule has 0 aliphatic carbocycles. The number of nitrogens with zero attached hydrogens (tertiary/aromatic N) is 1. The zero-order valence-corrected chi connectivity index (χ0v) is 9.07. The van der Waals surface area contributed by atoms with Crippen LogP contribution in [0, 0.1) is 0 Å². The molecule has 0 aliphatic rings. The highest BCUT2D eigenvalue weighted by Crippen LogP contribution is 2.04. The molecule has 76 valence electrons. The topological polar surface area (TPSA) is 23.2 Å². The van der Waals surface area contributed by atoms with Crippen molar-refractivity contribution in [1.82, 2.24) is 0 Å². The van der Waals surface area contributed by atoms with Crippen LogP contribution in [-0.4, -0.2) is 21.7 Å². The maximum Gasteiger partial charge on any atom is 0.202 e. The molecule has 0 aromatic heterocycles. The van der Waals surface area contributed by atoms with Crippen molar-refractivity contribution in [3.05, 3.63) is 35.9 Å². The minimum Gasteiger partial charge on any atom is -0.291 e. The smallest absolute Gasteiger partial charge is 0.202 e. The molecular weight excluding hydrogens is 174 g/mol. The highest BCUT2D eigenvalue weighted by molar-refractivity contribution is 5.56. The van der Waals surface area contributed by atoms with Gasteiger partial charge in [0.05, 0.1) is 6.42 Å². The van der Waals surface area contributed by atoms with Crippen molar-refractivity contribution in [2.45, 2.75) is 32.7 Å². The third kappa shape index (κ3) is 3.21. The molecule has 2 heteroatoms. The Kier molecular flexibility index (Phi) is 3.28. The van der Waals surface area contributed by atoms with E-state index >= 15 is 0 Å². The van der Waals surface area contributed by atoms with Crippen LogP contribution in [0.5, 0.6) is 0 Å². The summed E-state index contributed by atoms with van der Waals surface area (Å²) in [6.07, 6.45) is 2.56. The van der Waals surface area contributed by atoms with Gasteiger partial charge in [-0.2, -0.15) is 0 Å². The standard InChI is InChI=1S/C12H18NO/c1-12(2,3)13(14)10-9-11-7-5-4-6-8-11/h4-8,10,14H,9H2,1-3H3/q+1. The molecule has 0 heterocycles. The summed E-state index contributed by atoms with van der Waals surface area (Å²) in [6.45, 7) is 5.90. The van der Waals surface area contributed by atoms with Crippen LogP contribution in [-0.2, 0) is 6.42 Å². The molecule has 2 nitrogen and oxygen atoms in total. The number of rotatable bonds is 2. The van der Waals surface area contributed by atoms with Crippen LogP contribution in [0.1, 0.15) is 26.3 Å². The Morgan fingerprint density at radius 3 is 2.29 bits per heavy atom. The van der Waals surface area contributed by atoms with Gasteiger partial charge in [0, 0.05) is 20.8 Å². The molecule has 1 aromatic carbocycles. The van der Waals surface area contributed by atoms with Gasteiger partial charge >= 0.3 is 0 Å². The Bertz CT molecular complexity index is 309. The van der Waals surface area contributed by atoms with Crippen molar-refractivity contribution in [3.63, 3.8) is 0 Å². The second kappa shape index (κ2) is 4.27. The lowest BCUT2D eigenvalue weighted by molar-refractivity contribution is -0.817. The average Bonchev–Trinajstić information content (AvgIpc) is 2.14. The van der Waals surface area contributed by atoms with Gasteiger partial charge in [-0.15, -0.1) is 0 Å². The zero-order valence-electron chi connectivity index (χ0n) is 9.07. The van der Waals surface area contributed by atoms with Crippen molar-refractivity contribution in [1.29, 1.82) is 0 Å². The largest absolute Gasteiger partial charge is 0.291 e. The summed E-state index contributed by atoms with van der Waals surface area (Å²) in [4.78, 5) is 0. The van der Waals surface area contributed by atoms with Crippen LogP contribution in [0.4, 0.5) is 0 Å². The third-order valence-electron chi connectivity index (χ3n) is 2.03. The number of benzene rings is 1. The van der Waals surface area contributed by atoms with Crippen molar-refractivity contribution in [2.75, 3.05) is 0 Å². The number of hydrogen-bond acceptors (Lipinski definition) is 1. The maximum atomic E-state index is 9.62. The van der Waals surface area contributed by atoms with Gasteiger partial charge in [0.2, 0.25) is 5.54 Å². The lowest BCUT2D eigenvalue weighted by atomic mass is 10.1. The molecule has 1 rings (SSSR count). The van der Waals surface area contributed by atoms with Gasteiger partial charge in [0.1, 0.15) is 0 Å². The van der Waals surface area contributed by atoms with Gasteiger partial charge in [0.15, 0.2) is 6.21 Å². The maximum absolute atomic E-state index is 9.62. The van der Waals surface area contributed by atoms with Gasteiger partial charge in [-0.3, -0.25) is 5.21 Å². The van der Waals surface area contributed by atoms with Crippen molar-refractivity contribution in [2.24, 2.45) is 0 Å². The number of hydroxylamine groups is 1. The third-order valence-corrected chi connectivity index (χ3v) is 2.03. The van der Waals surface area contributed by atoms with E-state index in [1.165, 1.54) is 10.3 Å². The molecule has 0 unspecified atom stereocenters. The van der Waals surface area contributed by atoms with Crippen LogP contribution in [0.3, 0.4) is 0 Å². The quantitative estimate of drug-likeness (QED) is 0.331. The summed E-state index contributed by atoms with van der Waals surface area (Å²) in [5.41, 5.74) is 0.977. The Balaban J connectivity index is 2.65. The van der Waals surface area contributed by atoms with Crippen LogP contribution >= 0.6 is 0 Å². The predicted molar refractivity (Wildman–Crippen MR) is 58.0 cm³/mol. The molecule has 0 bridgehead atoms. The lowest BCUT2D eigenvalue weighted by Crippen LogP contribution is -2.31. The van der Waals surface area contributed by atoms with Crippen molar-refractivity contribution >= 4 is 6.21 Å². The molecule has 0 radical (unpaired) electrons. The first kappa shape index (κ1) is 10.8. The molecule has 0 fully saturated rings. The summed E-state index contributed by atoms with van der Waals surface area (Å²) in [7, 11) is 0. The molecule has 0 saturated carbocycles. The van der Waals surface area contributed by atoms with Crippen LogP contribution < -0.4 is 0 Å². The van der Waals surface area contributed by atoms with Gasteiger partial charge < -0.3 is 0 Å². The van der Waals surface area contributed by atoms with Gasteiger partial charge in [-0.1, -0.05) is 30.3 Å². The van der Waals surface area contributed by atoms with E-state index in [-0.39, 0.29) is 5.54 Å². The van der Waals surface area contributed by atoms with Gasteiger partial charge in [-0.05, 0) is 10.3 Å². The normalized spacial score (nSPS) is 12.9. The summed E-state index contributed by atoms with van der Waals surface area (Å²) < 4.78 is 1.26. The summed E-state index contributed by atoms with van der Waals surface area (Å²) >= 11 is 0. The highest BCUT2D eigenvalue weighted by atomic mass is 16.5. The first-order chi connectivity index (χ1) is 6.50. The van der Waals surface area contributed by atoms with E-state index in [0.717, 1.165) is 6.42 Å². The zero-order chi connectivity index (χ0) is 10.6. The van der Waals surface area contributed by atoms with Crippen LogP contribution in [0.15, 0.2) is 30.3 Å². The molecular formula is C12H18NO+. The molecule has 0 spiro atoms. The Morgan fingerprint density at radius 2 is 1.79 bits per heavy atom. The molecule has 14 heavy (non-hydrogen) atoms. The van der Waals surface area contributed by atoms with E-state index in [0.29, 0.717) is 0 Å². The average molecular weight is 192 g/mol. The van der Waals surface area contributed by atoms with E-state index < -0.39 is 0 Å². The molecule has 1 aromatic rings. The van der Waals surface area contributed by atoms with Gasteiger partial charge in [-0.25, -0.2) is 0 Å². The van der Waals surface area contributed by atoms with E-state index in [4.69, 9.17) is 0 Å². The van der Waals surface area contributed by atoms with E-state index in [9.17, 15) is 5.21 Å². The minimum absolute atomic E-state index is 0.227. The second-order valence-electron chi connectivity index (χ2n) is 4.39. The molecule has 1 N–H and O–H groups in total. The first-order valence-electron chi connectivity index (χ1n) is 4.85. The van der Waals surface area contributed by atoms with Gasteiger partial charge in [0.25, 0.3) is 0 Å². The monoisotopic (exact) mass is 192 g/mol. The fourth-order valence-electron chi connectivity index (χ4n) is 1.08. The molecule has 0 atom stereocenters. The SMILES string of the molecule is CC(C)(C)[N+](O)=CCc1ccccc1. The Hall–Kier alpha value is -1.31. The fraction of sp³-hybridized carbons (Fsp3) is 0.417. The van der Waals surface area contributed by atoms with E-state index in [1.807, 2.05) is 51.1 Å². The lowest BCUT2D eigenvalue weighted by Gasteiger charge is -2.09. The fourth-order valence-corrected chi connectivity index (χ4v) is 1.08. The first-order valence-corrected chi connectivity index (χ1v) is 4.85. The summed E-state index contributed by atoms with van der Waals surface area (Å²) in [5, 5.41) is 9.62. The Morgan fingerprint density at radius 1 is 1.21 bits per heavy atom. The predicted octanol–water partition coefficient (Wildman–Crippen LogP) is 2.50. The summed E-state index contributed by atoms with van der Waals surface area (Å²) in [5.74, 6) is 0. The summed E-state index contributed by atoms with van der Waals surface area (Å²) in [6, 6.07) is 10.1. The Labute approximate surface area is 85.5 Å². The second-order valence-corrected chi connectivity index (χ2v) is 4.39. The van der Waals surface area contributed by atoms with Crippen molar-refractivity contribution < 1.29 is 9.95 Å². The molecule has 0 saturated heterocycles. The molecule has 0 amide bonds. The number of hydrogen-bond donors (Lipinski definition) is 1. The highest BCUT2D eigenvalue weighted by Gasteiger charge is 2.23. The van der Waals surface area contributed by atoms with Crippen molar-refractivity contribution in [3.8, 4) is 0 Å². The van der Waals surface area contributed by atoms with Crippen LogP contribution in [0.25, 0.3) is 0 Å². The minimum atomic E-state index is -0.227.